The molecule has 1 aliphatic heterocycles. The molecule has 29 heteroatoms. The maximum absolute atomic E-state index is 13.9. The normalized spacial score (nSPS) is 13.7. The number of carbonyl (C=O) groups excluding carboxylic acids is 9. The summed E-state index contributed by atoms with van der Waals surface area (Å²) in [5.74, 6) is -6.76. The van der Waals surface area contributed by atoms with Gasteiger partial charge in [-0.15, -0.1) is 0 Å². The van der Waals surface area contributed by atoms with Crippen molar-refractivity contribution in [1.29, 1.82) is 0 Å². The van der Waals surface area contributed by atoms with E-state index in [0.29, 0.717) is 29.7 Å². The number of hydrogen-bond acceptors (Lipinski definition) is 20. The summed E-state index contributed by atoms with van der Waals surface area (Å²) in [4.78, 5) is 146. The lowest BCUT2D eigenvalue weighted by Crippen LogP contribution is -2.47. The number of rotatable bonds is 29. The molecule has 1 unspecified atom stereocenters. The van der Waals surface area contributed by atoms with Gasteiger partial charge >= 0.3 is 11.9 Å². The predicted molar refractivity (Wildman–Crippen MR) is 292 cm³/mol. The molecule has 0 saturated carbocycles. The third-order valence-corrected chi connectivity index (χ3v) is 13.8. The van der Waals surface area contributed by atoms with Gasteiger partial charge in [0, 0.05) is 63.7 Å². The number of amides is 7. The Bertz CT molecular complexity index is 3540. The molecule has 6 aromatic rings. The minimum Gasteiger partial charge on any atom is -0.494 e. The van der Waals surface area contributed by atoms with Gasteiger partial charge in [-0.3, -0.25) is 63.5 Å². The third kappa shape index (κ3) is 14.1. The number of likely N-dealkylation sites (tertiary alicyclic amines) is 1. The van der Waals surface area contributed by atoms with Crippen LogP contribution in [0.2, 0.25) is 0 Å². The van der Waals surface area contributed by atoms with E-state index in [1.54, 1.807) is 48.3 Å². The fourth-order valence-corrected chi connectivity index (χ4v) is 9.51. The Morgan fingerprint density at radius 2 is 1.32 bits per heavy atom. The lowest BCUT2D eigenvalue weighted by Gasteiger charge is -2.19. The van der Waals surface area contributed by atoms with Gasteiger partial charge in [0.1, 0.15) is 29.1 Å². The molecule has 2 aromatic carbocycles. The quantitative estimate of drug-likeness (QED) is 0.0169. The van der Waals surface area contributed by atoms with Crippen molar-refractivity contribution in [2.45, 2.75) is 103 Å². The molecule has 0 radical (unpaired) electrons. The number of allylic oxidation sites excluding steroid dienone is 2. The van der Waals surface area contributed by atoms with E-state index in [1.807, 2.05) is 6.92 Å². The first-order valence-corrected chi connectivity index (χ1v) is 27.0. The van der Waals surface area contributed by atoms with Crippen molar-refractivity contribution < 1.29 is 76.1 Å². The van der Waals surface area contributed by atoms with Gasteiger partial charge in [-0.05, 0) is 49.8 Å². The molecule has 8 N–H and O–H groups in total. The minimum absolute atomic E-state index is 0.00236. The lowest BCUT2D eigenvalue weighted by molar-refractivity contribution is -0.146. The van der Waals surface area contributed by atoms with E-state index in [0.717, 1.165) is 16.7 Å². The largest absolute Gasteiger partial charge is 0.494 e. The maximum Gasteiger partial charge on any atom is 0.306 e. The van der Waals surface area contributed by atoms with Gasteiger partial charge < -0.3 is 54.1 Å². The standard InChI is InChI=1S/C53H60N12O16S/c1-7-30-45(80-26(3)56-30)49(74)61-52-59-33-20-28(47(54)72)22-36(77-5)43(33)63(52)16-9-10-17-64-44-34(60-53(64)62-50(75)46-31(8-2)57-27(4)81-46)21-29(48(55)73)23-37(44)78-18-11-19-79-42(71)15-13-35(66)32(12-14-41(69)70)58-39(67)25-65-40(68)24-38(82-6)51(65)76/h9-10,20-23,32,38H,7-8,11-19,24-25H2,1-6H3,(H2,54,72)(H2,55,73)(H,58,67)(H,69,70)(H,59,61,74)(H,60,62,75)/b10-9+/t32-,38?/m1/s1. The van der Waals surface area contributed by atoms with E-state index in [-0.39, 0.29) is 120 Å². The molecular formula is C53H60N12O16S. The summed E-state index contributed by atoms with van der Waals surface area (Å²) < 4.78 is 31.7. The number of methoxy groups -OCH3 is 1. The van der Waals surface area contributed by atoms with Gasteiger partial charge in [0.2, 0.25) is 53.0 Å². The third-order valence-electron chi connectivity index (χ3n) is 12.8. The van der Waals surface area contributed by atoms with Gasteiger partial charge in [-0.2, -0.15) is 11.8 Å². The van der Waals surface area contributed by atoms with Crippen LogP contribution in [0.15, 0.2) is 45.3 Å². The van der Waals surface area contributed by atoms with E-state index in [9.17, 15) is 53.1 Å². The van der Waals surface area contributed by atoms with Crippen molar-refractivity contribution >= 4 is 105 Å². The van der Waals surface area contributed by atoms with Crippen LogP contribution in [-0.4, -0.2) is 143 Å². The average molecular weight is 1150 g/mol. The van der Waals surface area contributed by atoms with Crippen molar-refractivity contribution in [3.05, 3.63) is 82.2 Å². The van der Waals surface area contributed by atoms with Gasteiger partial charge in [0.25, 0.3) is 11.8 Å². The number of ether oxygens (including phenoxy) is 3. The fourth-order valence-electron chi connectivity index (χ4n) is 8.87. The average Bonchev–Trinajstić information content (AvgIpc) is 3.48. The second kappa shape index (κ2) is 26.7. The van der Waals surface area contributed by atoms with E-state index in [2.05, 4.69) is 35.9 Å². The highest BCUT2D eigenvalue weighted by molar-refractivity contribution is 8.00. The van der Waals surface area contributed by atoms with Crippen molar-refractivity contribution in [3.63, 3.8) is 0 Å². The number of oxazole rings is 2. The molecule has 1 aliphatic rings. The van der Waals surface area contributed by atoms with Crippen LogP contribution in [0, 0.1) is 13.8 Å². The molecular weight excluding hydrogens is 1090 g/mol. The Kier molecular flexibility index (Phi) is 19.6. The number of nitrogens with two attached hydrogens (primary N) is 2. The van der Waals surface area contributed by atoms with Crippen LogP contribution in [-0.2, 0) is 59.4 Å². The second-order valence-corrected chi connectivity index (χ2v) is 19.5. The van der Waals surface area contributed by atoms with Gasteiger partial charge in [-0.25, -0.2) is 19.9 Å². The molecule has 1 fully saturated rings. The first-order chi connectivity index (χ1) is 39.1. The number of esters is 1. The second-order valence-electron chi connectivity index (χ2n) is 18.5. The number of primary amides is 2. The van der Waals surface area contributed by atoms with Crippen LogP contribution in [0.1, 0.15) is 117 Å². The number of Topliss-reactive ketones (excluding diaryl/α,β-unsaturated/α-hetero) is 1. The van der Waals surface area contributed by atoms with Crippen LogP contribution in [0.4, 0.5) is 11.9 Å². The topological polar surface area (TPSA) is 398 Å². The van der Waals surface area contributed by atoms with Crippen molar-refractivity contribution in [1.82, 2.24) is 39.3 Å². The number of anilines is 2. The van der Waals surface area contributed by atoms with E-state index in [4.69, 9.17) is 34.5 Å². The predicted octanol–water partition coefficient (Wildman–Crippen LogP) is 3.57. The smallest absolute Gasteiger partial charge is 0.306 e. The van der Waals surface area contributed by atoms with Crippen molar-refractivity contribution in [3.8, 4) is 11.5 Å². The fraction of sp³-hybridized carbons (Fsp3) is 0.396. The van der Waals surface area contributed by atoms with Crippen LogP contribution in [0.25, 0.3) is 22.1 Å². The highest BCUT2D eigenvalue weighted by Crippen LogP contribution is 2.34. The Balaban J connectivity index is 1.10. The first-order valence-electron chi connectivity index (χ1n) is 25.8. The van der Waals surface area contributed by atoms with E-state index >= 15 is 0 Å². The Labute approximate surface area is 471 Å². The zero-order valence-electron chi connectivity index (χ0n) is 45.6. The molecule has 434 valence electrons. The number of benzene rings is 2. The number of thioether (sulfide) groups is 1. The highest BCUT2D eigenvalue weighted by atomic mass is 32.2. The number of carboxylic acids is 1. The van der Waals surface area contributed by atoms with Gasteiger partial charge in [0.05, 0.1) is 60.5 Å². The summed E-state index contributed by atoms with van der Waals surface area (Å²) in [5, 5.41) is 16.6. The summed E-state index contributed by atoms with van der Waals surface area (Å²) >= 11 is 1.16. The summed E-state index contributed by atoms with van der Waals surface area (Å²) in [6.07, 6.45) is 4.15. The highest BCUT2D eigenvalue weighted by Gasteiger charge is 2.39. The number of nitrogens with zero attached hydrogens (tertiary/aromatic N) is 7. The number of imide groups is 1. The molecule has 4 aromatic heterocycles. The number of hydrogen-bond donors (Lipinski definition) is 6. The number of aliphatic carboxylic acids is 1. The summed E-state index contributed by atoms with van der Waals surface area (Å²) in [5.41, 5.74) is 13.4. The molecule has 7 amide bonds. The van der Waals surface area contributed by atoms with Crippen LogP contribution in [0.3, 0.4) is 0 Å². The summed E-state index contributed by atoms with van der Waals surface area (Å²) in [6.45, 7) is 5.83. The molecule has 0 bridgehead atoms. The zero-order chi connectivity index (χ0) is 59.5. The molecule has 28 nitrogen and oxygen atoms in total. The molecule has 5 heterocycles. The molecule has 0 aliphatic carbocycles. The van der Waals surface area contributed by atoms with Gasteiger partial charge in [0.15, 0.2) is 17.6 Å². The van der Waals surface area contributed by atoms with Crippen LogP contribution >= 0.6 is 11.8 Å². The molecule has 1 saturated heterocycles. The van der Waals surface area contributed by atoms with E-state index < -0.39 is 96.2 Å². The Hall–Kier alpha value is -9.41. The number of nitrogens with one attached hydrogen (secondary N) is 3. The SMILES string of the molecule is CCc1nc(C)oc1C(=O)Nc1nc2cc(C(N)=O)cc(OC)c2n1C/C=C/Cn1c(NC(=O)c2oc(C)nc2CC)nc2cc(C(N)=O)cc(OCCCOC(=O)CCC(=O)[C@@H](CCC(=O)O)NC(=O)CN3C(=O)CC(SC)C3=O)c21. The summed E-state index contributed by atoms with van der Waals surface area (Å²) in [7, 11) is 1.40. The monoisotopic (exact) mass is 1150 g/mol. The number of aryl methyl sites for hydroxylation is 4. The maximum atomic E-state index is 13.9. The lowest BCUT2D eigenvalue weighted by atomic mass is 10.0. The van der Waals surface area contributed by atoms with E-state index in [1.165, 1.54) is 31.4 Å². The van der Waals surface area contributed by atoms with Crippen molar-refractivity contribution in [2.75, 3.05) is 43.8 Å². The Morgan fingerprint density at radius 1 is 0.780 bits per heavy atom. The van der Waals surface area contributed by atoms with Crippen LogP contribution < -0.4 is 36.9 Å². The first kappa shape index (κ1) is 60.2. The number of imidazole rings is 2. The number of fused-ring (bicyclic) bond motifs is 2. The van der Waals surface area contributed by atoms with Crippen molar-refractivity contribution in [2.24, 2.45) is 11.5 Å². The molecule has 2 atom stereocenters. The number of aromatic nitrogens is 6. The Morgan fingerprint density at radius 3 is 1.80 bits per heavy atom. The molecule has 0 spiro atoms. The molecule has 7 rings (SSSR count). The number of ketones is 1. The summed E-state index contributed by atoms with van der Waals surface area (Å²) in [6, 6.07) is 4.35. The van der Waals surface area contributed by atoms with Gasteiger partial charge in [-0.1, -0.05) is 26.0 Å². The zero-order valence-corrected chi connectivity index (χ0v) is 46.4. The minimum atomic E-state index is -1.34. The number of carboxylic acid groups (broad SMARTS) is 1. The van der Waals surface area contributed by atoms with Crippen LogP contribution in [0.5, 0.6) is 11.5 Å². The molecule has 82 heavy (non-hydrogen) atoms. The number of carbonyl (C=O) groups is 10.